The van der Waals surface area contributed by atoms with E-state index in [-0.39, 0.29) is 33.7 Å². The molecule has 4 atom stereocenters. The van der Waals surface area contributed by atoms with Crippen molar-refractivity contribution in [1.82, 2.24) is 35.7 Å². The first-order valence-electron chi connectivity index (χ1n) is 9.71. The molecule has 1 aromatic carbocycles. The summed E-state index contributed by atoms with van der Waals surface area (Å²) in [5, 5.41) is 26.4. The summed E-state index contributed by atoms with van der Waals surface area (Å²) in [6.45, 7) is 4.04. The van der Waals surface area contributed by atoms with Gasteiger partial charge in [0.05, 0.1) is 6.34 Å². The average Bonchev–Trinajstić information content (AvgIpc) is 3.31. The van der Waals surface area contributed by atoms with E-state index in [4.69, 9.17) is 0 Å². The van der Waals surface area contributed by atoms with E-state index in [1.54, 1.807) is 54.1 Å². The number of amides is 2. The lowest BCUT2D eigenvalue weighted by molar-refractivity contribution is -0.152. The number of aromatic nitrogens is 4. The largest absolute Gasteiger partial charge is 0.508 e. The summed E-state index contributed by atoms with van der Waals surface area (Å²) in [6.07, 6.45) is 1.55. The highest BCUT2D eigenvalue weighted by atomic mass is 32.2. The predicted octanol–water partition coefficient (Wildman–Crippen LogP) is 0.456. The number of aromatic hydroxyl groups is 1. The maximum Gasteiger partial charge on any atom is 0.250 e. The van der Waals surface area contributed by atoms with Gasteiger partial charge in [0, 0.05) is 18.8 Å². The van der Waals surface area contributed by atoms with Gasteiger partial charge in [-0.3, -0.25) is 14.6 Å². The molecule has 31 heavy (non-hydrogen) atoms. The second-order valence-corrected chi connectivity index (χ2v) is 10.0. The molecule has 164 valence electrons. The molecule has 0 aliphatic carbocycles. The first kappa shape index (κ1) is 21.1. The number of carbonyl (C=O) groups is 2. The molecule has 2 unspecified atom stereocenters. The van der Waals surface area contributed by atoms with Crippen LogP contribution in [0.4, 0.5) is 0 Å². The van der Waals surface area contributed by atoms with Crippen LogP contribution < -0.4 is 5.32 Å². The van der Waals surface area contributed by atoms with E-state index in [9.17, 15) is 14.7 Å². The molecule has 2 aliphatic rings. The number of aliphatic imine (C=N–C) groups is 1. The van der Waals surface area contributed by atoms with Crippen LogP contribution >= 0.6 is 11.8 Å². The smallest absolute Gasteiger partial charge is 0.250 e. The molecular weight excluding hydrogens is 420 g/mol. The Hall–Kier alpha value is -3.15. The number of carbonyl (C=O) groups excluding carboxylic acids is 2. The quantitative estimate of drug-likeness (QED) is 0.332. The van der Waals surface area contributed by atoms with Crippen LogP contribution in [-0.4, -0.2) is 83.9 Å². The Morgan fingerprint density at radius 1 is 1.39 bits per heavy atom. The predicted molar refractivity (Wildman–Crippen MR) is 114 cm³/mol. The van der Waals surface area contributed by atoms with Gasteiger partial charge in [-0.2, -0.15) is 5.21 Å². The fourth-order valence-corrected chi connectivity index (χ4v) is 5.47. The van der Waals surface area contributed by atoms with Crippen LogP contribution in [0.5, 0.6) is 5.75 Å². The van der Waals surface area contributed by atoms with Crippen LogP contribution in [0.15, 0.2) is 29.3 Å². The first-order chi connectivity index (χ1) is 14.7. The molecule has 2 amide bonds. The molecule has 0 bridgehead atoms. The number of H-pyrrole nitrogens is 1. The van der Waals surface area contributed by atoms with Crippen molar-refractivity contribution in [3.8, 4) is 5.75 Å². The van der Waals surface area contributed by atoms with Crippen LogP contribution in [0.25, 0.3) is 0 Å². The lowest BCUT2D eigenvalue weighted by Gasteiger charge is -2.44. The van der Waals surface area contributed by atoms with Gasteiger partial charge in [-0.25, -0.2) is 0 Å². The zero-order valence-electron chi connectivity index (χ0n) is 17.6. The van der Waals surface area contributed by atoms with Gasteiger partial charge in [0.2, 0.25) is 11.8 Å². The molecule has 1 aromatic heterocycles. The molecule has 2 fully saturated rings. The molecule has 4 rings (SSSR count). The zero-order chi connectivity index (χ0) is 22.3. The fourth-order valence-electron chi connectivity index (χ4n) is 3.84. The summed E-state index contributed by atoms with van der Waals surface area (Å²) in [5.41, 5.74) is 0.612. The normalized spacial score (nSPS) is 25.2. The Labute approximate surface area is 183 Å². The van der Waals surface area contributed by atoms with E-state index in [0.717, 1.165) is 0 Å². The molecule has 2 saturated heterocycles. The number of hydrogen-bond acceptors (Lipinski definition) is 8. The summed E-state index contributed by atoms with van der Waals surface area (Å²) in [4.78, 5) is 33.9. The van der Waals surface area contributed by atoms with Crippen LogP contribution in [0.1, 0.15) is 37.3 Å². The van der Waals surface area contributed by atoms with Gasteiger partial charge in [0.15, 0.2) is 11.9 Å². The Bertz CT molecular complexity index is 992. The number of aromatic amines is 1. The summed E-state index contributed by atoms with van der Waals surface area (Å²) in [6, 6.07) is 4.44. The van der Waals surface area contributed by atoms with E-state index in [1.165, 1.54) is 12.1 Å². The first-order valence-corrected chi connectivity index (χ1v) is 10.6. The van der Waals surface area contributed by atoms with Crippen LogP contribution in [0.2, 0.25) is 0 Å². The maximum absolute atomic E-state index is 13.1. The van der Waals surface area contributed by atoms with Crippen molar-refractivity contribution in [1.29, 1.82) is 0 Å². The van der Waals surface area contributed by atoms with E-state index in [1.807, 2.05) is 13.8 Å². The number of nitrogens with zero attached hydrogens (tertiary/aromatic N) is 6. The topological polar surface area (TPSA) is 140 Å². The zero-order valence-corrected chi connectivity index (χ0v) is 18.4. The number of phenolic OH excluding ortho intramolecular Hbond substituents is 1. The minimum atomic E-state index is -0.850. The van der Waals surface area contributed by atoms with Crippen LogP contribution in [-0.2, 0) is 9.59 Å². The molecule has 11 nitrogen and oxygen atoms in total. The summed E-state index contributed by atoms with van der Waals surface area (Å²) < 4.78 is -0.344. The van der Waals surface area contributed by atoms with Gasteiger partial charge < -0.3 is 20.2 Å². The fraction of sp³-hybridized carbons (Fsp3) is 0.474. The number of fused-ring (bicyclic) bond motifs is 1. The van der Waals surface area contributed by atoms with E-state index >= 15 is 0 Å². The van der Waals surface area contributed by atoms with Gasteiger partial charge in [0.1, 0.15) is 23.2 Å². The van der Waals surface area contributed by atoms with Crippen molar-refractivity contribution >= 4 is 29.9 Å². The molecule has 2 aromatic rings. The van der Waals surface area contributed by atoms with Crippen LogP contribution in [0, 0.1) is 0 Å². The number of phenols is 1. The number of β-lactam (4-membered cyclic amide) rings is 1. The van der Waals surface area contributed by atoms with Crippen molar-refractivity contribution in [2.75, 3.05) is 14.1 Å². The third-order valence-electron chi connectivity index (χ3n) is 5.25. The molecular formula is C19H24N8O3S. The Morgan fingerprint density at radius 3 is 2.71 bits per heavy atom. The minimum absolute atomic E-state index is 0.0985. The standard InChI is InChI=1S/C19H24N8O3S/c1-19(2)14(15-22-24-25-23-15)27-17(30)13(18(27)31-19)21-16(29)12(20-9-26(3)4)10-5-7-11(28)8-6-10/h5-9,12-14,18,28H,1-4H3,(H,21,29)(H,22,23,24,25)/t12-,13?,14?,18-/m1/s1. The van der Waals surface area contributed by atoms with Crippen molar-refractivity contribution in [3.05, 3.63) is 35.7 Å². The monoisotopic (exact) mass is 444 g/mol. The number of hydrogen-bond donors (Lipinski definition) is 3. The summed E-state index contributed by atoms with van der Waals surface area (Å²) in [5.74, 6) is -0.0208. The molecule has 3 N–H and O–H groups in total. The Balaban J connectivity index is 1.53. The third kappa shape index (κ3) is 3.82. The number of nitrogens with one attached hydrogen (secondary N) is 2. The summed E-state index contributed by atoms with van der Waals surface area (Å²) >= 11 is 1.59. The second-order valence-electron chi connectivity index (χ2n) is 8.24. The maximum atomic E-state index is 13.1. The molecule has 0 radical (unpaired) electrons. The van der Waals surface area contributed by atoms with E-state index in [2.05, 4.69) is 30.9 Å². The average molecular weight is 445 g/mol. The minimum Gasteiger partial charge on any atom is -0.508 e. The van der Waals surface area contributed by atoms with Gasteiger partial charge in [0.25, 0.3) is 0 Å². The highest BCUT2D eigenvalue weighted by Crippen LogP contribution is 2.56. The van der Waals surface area contributed by atoms with E-state index in [0.29, 0.717) is 11.4 Å². The van der Waals surface area contributed by atoms with Crippen LogP contribution in [0.3, 0.4) is 0 Å². The van der Waals surface area contributed by atoms with Crippen molar-refractivity contribution in [3.63, 3.8) is 0 Å². The molecule has 12 heteroatoms. The van der Waals surface area contributed by atoms with Gasteiger partial charge in [-0.05, 0) is 31.5 Å². The highest BCUT2D eigenvalue weighted by Gasteiger charge is 2.63. The molecule has 2 aliphatic heterocycles. The van der Waals surface area contributed by atoms with Gasteiger partial charge in [-0.15, -0.1) is 22.0 Å². The number of thioether (sulfide) groups is 1. The number of rotatable bonds is 6. The lowest BCUT2D eigenvalue weighted by Crippen LogP contribution is -2.68. The SMILES string of the molecule is CN(C)C=N[C@@H](C(=O)NC1C(=O)N2C(c3nn[nH]n3)C(C)(C)S[C@H]12)c1ccc(O)cc1. The van der Waals surface area contributed by atoms with Crippen molar-refractivity contribution in [2.24, 2.45) is 4.99 Å². The second kappa shape index (κ2) is 7.84. The number of tetrazole rings is 1. The molecule has 3 heterocycles. The van der Waals surface area contributed by atoms with Gasteiger partial charge in [-0.1, -0.05) is 17.3 Å². The Kier molecular flexibility index (Phi) is 5.33. The molecule has 0 saturated carbocycles. The summed E-state index contributed by atoms with van der Waals surface area (Å²) in [7, 11) is 3.61. The third-order valence-corrected chi connectivity index (χ3v) is 6.82. The Morgan fingerprint density at radius 2 is 2.10 bits per heavy atom. The molecule has 0 spiro atoms. The lowest BCUT2D eigenvalue weighted by atomic mass is 9.95. The van der Waals surface area contributed by atoms with Gasteiger partial charge >= 0.3 is 0 Å². The van der Waals surface area contributed by atoms with Crippen molar-refractivity contribution in [2.45, 2.75) is 42.1 Å². The number of benzene rings is 1. The van der Waals surface area contributed by atoms with E-state index < -0.39 is 12.1 Å². The van der Waals surface area contributed by atoms with Crippen molar-refractivity contribution < 1.29 is 14.7 Å². The highest BCUT2D eigenvalue weighted by molar-refractivity contribution is 8.01.